The molecule has 0 aliphatic heterocycles. The maximum Gasteiger partial charge on any atom is 0.419 e. The summed E-state index contributed by atoms with van der Waals surface area (Å²) in [6, 6.07) is 10.2. The molecule has 0 aromatic heterocycles. The van der Waals surface area contributed by atoms with Crippen LogP contribution in [-0.4, -0.2) is 0 Å². The van der Waals surface area contributed by atoms with Crippen LogP contribution in [0.2, 0.25) is 0 Å². The van der Waals surface area contributed by atoms with Crippen LogP contribution in [0.4, 0.5) is 13.2 Å². The molecule has 0 bridgehead atoms. The van der Waals surface area contributed by atoms with Crippen LogP contribution in [-0.2, 0) is 12.7 Å². The van der Waals surface area contributed by atoms with Crippen molar-refractivity contribution in [3.05, 3.63) is 58.1 Å². The molecule has 2 N–H and O–H groups in total. The van der Waals surface area contributed by atoms with Crippen molar-refractivity contribution in [2.24, 2.45) is 5.73 Å². The van der Waals surface area contributed by atoms with Crippen LogP contribution in [0.5, 0.6) is 11.5 Å². The first kappa shape index (κ1) is 14.9. The Hall–Kier alpha value is -1.53. The van der Waals surface area contributed by atoms with E-state index in [2.05, 4.69) is 15.9 Å². The molecule has 0 unspecified atom stereocenters. The van der Waals surface area contributed by atoms with Crippen molar-refractivity contribution in [3.8, 4) is 11.5 Å². The molecule has 2 rings (SSSR count). The van der Waals surface area contributed by atoms with Gasteiger partial charge in [-0.05, 0) is 35.9 Å². The lowest BCUT2D eigenvalue weighted by Gasteiger charge is -2.14. The van der Waals surface area contributed by atoms with Gasteiger partial charge in [0.25, 0.3) is 0 Å². The van der Waals surface area contributed by atoms with Crippen LogP contribution in [0.15, 0.2) is 46.9 Å². The number of ether oxygens (including phenoxy) is 1. The monoisotopic (exact) mass is 345 g/mol. The molecule has 0 fully saturated rings. The molecule has 6 heteroatoms. The largest absolute Gasteiger partial charge is 0.457 e. The van der Waals surface area contributed by atoms with Gasteiger partial charge in [-0.3, -0.25) is 0 Å². The van der Waals surface area contributed by atoms with E-state index in [1.54, 1.807) is 24.3 Å². The van der Waals surface area contributed by atoms with Gasteiger partial charge in [-0.1, -0.05) is 28.1 Å². The smallest absolute Gasteiger partial charge is 0.419 e. The second-order valence-corrected chi connectivity index (χ2v) is 5.00. The van der Waals surface area contributed by atoms with Gasteiger partial charge in [0.1, 0.15) is 11.5 Å². The summed E-state index contributed by atoms with van der Waals surface area (Å²) in [4.78, 5) is 0. The Balaban J connectivity index is 2.34. The number of hydrogen-bond donors (Lipinski definition) is 1. The van der Waals surface area contributed by atoms with E-state index in [0.717, 1.165) is 11.6 Å². The lowest BCUT2D eigenvalue weighted by atomic mass is 10.2. The Morgan fingerprint density at radius 3 is 2.25 bits per heavy atom. The number of benzene rings is 2. The van der Waals surface area contributed by atoms with Crippen LogP contribution in [0.3, 0.4) is 0 Å². The zero-order valence-electron chi connectivity index (χ0n) is 10.2. The molecular weight excluding hydrogens is 335 g/mol. The highest BCUT2D eigenvalue weighted by Crippen LogP contribution is 2.39. The van der Waals surface area contributed by atoms with E-state index in [-0.39, 0.29) is 5.75 Å². The number of rotatable bonds is 3. The highest BCUT2D eigenvalue weighted by atomic mass is 79.9. The van der Waals surface area contributed by atoms with Crippen LogP contribution < -0.4 is 10.5 Å². The quantitative estimate of drug-likeness (QED) is 0.873. The fourth-order valence-electron chi connectivity index (χ4n) is 1.64. The van der Waals surface area contributed by atoms with Crippen LogP contribution in [0, 0.1) is 0 Å². The standard InChI is InChI=1S/C14H11BrF3NO/c15-10-3-6-12(14(16,17)18)13(7-10)20-11-4-1-9(8-19)2-5-11/h1-7H,8,19H2. The summed E-state index contributed by atoms with van der Waals surface area (Å²) in [6.07, 6.45) is -4.47. The molecule has 0 saturated heterocycles. The molecule has 0 radical (unpaired) electrons. The van der Waals surface area contributed by atoms with Gasteiger partial charge in [-0.25, -0.2) is 0 Å². The van der Waals surface area contributed by atoms with Gasteiger partial charge in [0.15, 0.2) is 0 Å². The Labute approximate surface area is 122 Å². The third-order valence-corrected chi connectivity index (χ3v) is 3.13. The van der Waals surface area contributed by atoms with Gasteiger partial charge in [-0.15, -0.1) is 0 Å². The summed E-state index contributed by atoms with van der Waals surface area (Å²) >= 11 is 3.14. The van der Waals surface area contributed by atoms with Crippen molar-refractivity contribution in [1.29, 1.82) is 0 Å². The average molecular weight is 346 g/mol. The molecule has 106 valence electrons. The summed E-state index contributed by atoms with van der Waals surface area (Å²) in [5, 5.41) is 0. The SMILES string of the molecule is NCc1ccc(Oc2cc(Br)ccc2C(F)(F)F)cc1. The molecule has 0 heterocycles. The van der Waals surface area contributed by atoms with Crippen molar-refractivity contribution in [2.45, 2.75) is 12.7 Å². The summed E-state index contributed by atoms with van der Waals surface area (Å²) < 4.78 is 44.5. The molecule has 20 heavy (non-hydrogen) atoms. The van der Waals surface area contributed by atoms with Crippen molar-refractivity contribution in [2.75, 3.05) is 0 Å². The fraction of sp³-hybridized carbons (Fsp3) is 0.143. The van der Waals surface area contributed by atoms with Crippen molar-refractivity contribution in [3.63, 3.8) is 0 Å². The minimum atomic E-state index is -4.47. The first-order chi connectivity index (χ1) is 9.40. The number of hydrogen-bond acceptors (Lipinski definition) is 2. The molecule has 0 atom stereocenters. The van der Waals surface area contributed by atoms with Crippen LogP contribution >= 0.6 is 15.9 Å². The first-order valence-corrected chi connectivity index (χ1v) is 6.53. The van der Waals surface area contributed by atoms with Gasteiger partial charge < -0.3 is 10.5 Å². The topological polar surface area (TPSA) is 35.2 Å². The Morgan fingerprint density at radius 1 is 1.05 bits per heavy atom. The number of nitrogens with two attached hydrogens (primary N) is 1. The summed E-state index contributed by atoms with van der Waals surface area (Å²) in [5.74, 6) is 0.0816. The van der Waals surface area contributed by atoms with Gasteiger partial charge in [0.2, 0.25) is 0 Å². The molecule has 0 spiro atoms. The average Bonchev–Trinajstić information content (AvgIpc) is 2.38. The van der Waals surface area contributed by atoms with E-state index in [0.29, 0.717) is 16.8 Å². The van der Waals surface area contributed by atoms with Gasteiger partial charge in [0, 0.05) is 11.0 Å². The maximum atomic E-state index is 12.9. The van der Waals surface area contributed by atoms with E-state index in [9.17, 15) is 13.2 Å². The molecule has 2 nitrogen and oxygen atoms in total. The first-order valence-electron chi connectivity index (χ1n) is 5.74. The molecule has 0 aliphatic rings. The third kappa shape index (κ3) is 3.52. The van der Waals surface area contributed by atoms with Crippen LogP contribution in [0.1, 0.15) is 11.1 Å². The summed E-state index contributed by atoms with van der Waals surface area (Å²) in [6.45, 7) is 0.366. The van der Waals surface area contributed by atoms with Gasteiger partial charge >= 0.3 is 6.18 Å². The van der Waals surface area contributed by atoms with Gasteiger partial charge in [-0.2, -0.15) is 13.2 Å². The minimum Gasteiger partial charge on any atom is -0.457 e. The fourth-order valence-corrected chi connectivity index (χ4v) is 1.98. The predicted molar refractivity (Wildman–Crippen MR) is 73.6 cm³/mol. The molecule has 0 aliphatic carbocycles. The molecule has 0 amide bonds. The lowest BCUT2D eigenvalue weighted by Crippen LogP contribution is -2.07. The second kappa shape index (κ2) is 5.85. The Kier molecular flexibility index (Phi) is 4.35. The Bertz CT molecular complexity index is 596. The normalized spacial score (nSPS) is 11.4. The van der Waals surface area contributed by atoms with Crippen molar-refractivity contribution < 1.29 is 17.9 Å². The van der Waals surface area contributed by atoms with Crippen molar-refractivity contribution >= 4 is 15.9 Å². The third-order valence-electron chi connectivity index (χ3n) is 2.64. The zero-order valence-corrected chi connectivity index (χ0v) is 11.8. The van der Waals surface area contributed by atoms with Crippen LogP contribution in [0.25, 0.3) is 0 Å². The maximum absolute atomic E-state index is 12.9. The number of alkyl halides is 3. The lowest BCUT2D eigenvalue weighted by molar-refractivity contribution is -0.138. The second-order valence-electron chi connectivity index (χ2n) is 4.09. The van der Waals surface area contributed by atoms with Crippen molar-refractivity contribution in [1.82, 2.24) is 0 Å². The number of halogens is 4. The Morgan fingerprint density at radius 2 is 1.70 bits per heavy atom. The van der Waals surface area contributed by atoms with E-state index in [1.807, 2.05) is 0 Å². The summed E-state index contributed by atoms with van der Waals surface area (Å²) in [5.41, 5.74) is 5.52. The molecule has 2 aromatic carbocycles. The predicted octanol–water partition coefficient (Wildman–Crippen LogP) is 4.72. The van der Waals surface area contributed by atoms with Gasteiger partial charge in [0.05, 0.1) is 5.56 Å². The molecular formula is C14H11BrF3NO. The molecule has 0 saturated carbocycles. The van der Waals surface area contributed by atoms with E-state index < -0.39 is 11.7 Å². The minimum absolute atomic E-state index is 0.243. The highest BCUT2D eigenvalue weighted by molar-refractivity contribution is 9.10. The van der Waals surface area contributed by atoms with E-state index in [1.165, 1.54) is 12.1 Å². The summed E-state index contributed by atoms with van der Waals surface area (Å²) in [7, 11) is 0. The van der Waals surface area contributed by atoms with E-state index in [4.69, 9.17) is 10.5 Å². The van der Waals surface area contributed by atoms with E-state index >= 15 is 0 Å². The zero-order chi connectivity index (χ0) is 14.8. The highest BCUT2D eigenvalue weighted by Gasteiger charge is 2.34. The molecule has 2 aromatic rings.